The van der Waals surface area contributed by atoms with Crippen molar-refractivity contribution in [2.24, 2.45) is 5.92 Å². The molecule has 19 heavy (non-hydrogen) atoms. The first-order valence-electron chi connectivity index (χ1n) is 6.15. The smallest absolute Gasteiger partial charge is 0.326 e. The van der Waals surface area contributed by atoms with E-state index in [-0.39, 0.29) is 16.8 Å². The highest BCUT2D eigenvalue weighted by molar-refractivity contribution is 6.29. The Morgan fingerprint density at radius 2 is 2.21 bits per heavy atom. The Morgan fingerprint density at radius 3 is 2.84 bits per heavy atom. The predicted molar refractivity (Wildman–Crippen MR) is 70.1 cm³/mol. The maximum Gasteiger partial charge on any atom is 0.326 e. The minimum Gasteiger partial charge on any atom is -0.480 e. The molecule has 2 unspecified atom stereocenters. The van der Waals surface area contributed by atoms with Crippen molar-refractivity contribution in [3.05, 3.63) is 29.0 Å². The number of carbonyl (C=O) groups is 2. The topological polar surface area (TPSA) is 70.5 Å². The van der Waals surface area contributed by atoms with Gasteiger partial charge in [0.25, 0.3) is 5.91 Å². The SMILES string of the molecule is CC1CCN(C(=O)c2cccc(Cl)n2)C(C(=O)O)C1. The fourth-order valence-corrected chi connectivity index (χ4v) is 2.46. The molecule has 1 amide bonds. The van der Waals surface area contributed by atoms with Crippen molar-refractivity contribution >= 4 is 23.5 Å². The Hall–Kier alpha value is -1.62. The maximum atomic E-state index is 12.3. The summed E-state index contributed by atoms with van der Waals surface area (Å²) in [6, 6.07) is 3.97. The van der Waals surface area contributed by atoms with E-state index in [2.05, 4.69) is 4.98 Å². The average Bonchev–Trinajstić information content (AvgIpc) is 2.37. The van der Waals surface area contributed by atoms with Gasteiger partial charge in [0.05, 0.1) is 0 Å². The lowest BCUT2D eigenvalue weighted by molar-refractivity contribution is -0.144. The molecule has 0 aliphatic carbocycles. The summed E-state index contributed by atoms with van der Waals surface area (Å²) in [5, 5.41) is 9.46. The summed E-state index contributed by atoms with van der Waals surface area (Å²) in [6.45, 7) is 2.43. The number of halogens is 1. The van der Waals surface area contributed by atoms with Gasteiger partial charge in [0, 0.05) is 6.54 Å². The Bertz CT molecular complexity index is 506. The van der Waals surface area contributed by atoms with Crippen LogP contribution < -0.4 is 0 Å². The third-order valence-electron chi connectivity index (χ3n) is 3.34. The molecule has 1 aliphatic heterocycles. The number of hydrogen-bond acceptors (Lipinski definition) is 3. The summed E-state index contributed by atoms with van der Waals surface area (Å²) in [6.07, 6.45) is 1.28. The van der Waals surface area contributed by atoms with E-state index in [0.717, 1.165) is 6.42 Å². The molecule has 1 aromatic rings. The van der Waals surface area contributed by atoms with Crippen LogP contribution in [0.4, 0.5) is 0 Å². The molecule has 102 valence electrons. The van der Waals surface area contributed by atoms with Crippen molar-refractivity contribution in [3.8, 4) is 0 Å². The molecular weight excluding hydrogens is 268 g/mol. The van der Waals surface area contributed by atoms with Gasteiger partial charge in [-0.3, -0.25) is 4.79 Å². The van der Waals surface area contributed by atoms with Crippen LogP contribution in [0.2, 0.25) is 5.15 Å². The van der Waals surface area contributed by atoms with Gasteiger partial charge in [0.2, 0.25) is 0 Å². The molecule has 1 saturated heterocycles. The van der Waals surface area contributed by atoms with Crippen LogP contribution in [0.15, 0.2) is 18.2 Å². The second-order valence-electron chi connectivity index (χ2n) is 4.83. The van der Waals surface area contributed by atoms with Crippen LogP contribution >= 0.6 is 11.6 Å². The fraction of sp³-hybridized carbons (Fsp3) is 0.462. The predicted octanol–water partition coefficient (Wildman–Crippen LogP) is 2.06. The van der Waals surface area contributed by atoms with Gasteiger partial charge in [0.15, 0.2) is 0 Å². The molecule has 2 rings (SSSR count). The number of rotatable bonds is 2. The second-order valence-corrected chi connectivity index (χ2v) is 5.21. The van der Waals surface area contributed by atoms with Gasteiger partial charge >= 0.3 is 5.97 Å². The number of aromatic nitrogens is 1. The van der Waals surface area contributed by atoms with Gasteiger partial charge < -0.3 is 10.0 Å². The van der Waals surface area contributed by atoms with E-state index in [1.165, 1.54) is 4.90 Å². The largest absolute Gasteiger partial charge is 0.480 e. The summed E-state index contributed by atoms with van der Waals surface area (Å²) in [5.41, 5.74) is 0.188. The number of nitrogens with zero attached hydrogens (tertiary/aromatic N) is 2. The third-order valence-corrected chi connectivity index (χ3v) is 3.56. The van der Waals surface area contributed by atoms with Crippen molar-refractivity contribution in [2.45, 2.75) is 25.8 Å². The van der Waals surface area contributed by atoms with E-state index >= 15 is 0 Å². The quantitative estimate of drug-likeness (QED) is 0.843. The molecule has 1 N–H and O–H groups in total. The molecule has 1 aliphatic rings. The monoisotopic (exact) mass is 282 g/mol. The number of pyridine rings is 1. The van der Waals surface area contributed by atoms with Crippen LogP contribution in [-0.2, 0) is 4.79 Å². The number of amides is 1. The first-order chi connectivity index (χ1) is 8.99. The maximum absolute atomic E-state index is 12.3. The first kappa shape index (κ1) is 13.8. The van der Waals surface area contributed by atoms with Crippen molar-refractivity contribution in [3.63, 3.8) is 0 Å². The van der Waals surface area contributed by atoms with Crippen molar-refractivity contribution in [1.29, 1.82) is 0 Å². The normalized spacial score (nSPS) is 23.2. The summed E-state index contributed by atoms with van der Waals surface area (Å²) >= 11 is 5.75. The van der Waals surface area contributed by atoms with Crippen LogP contribution in [0.25, 0.3) is 0 Å². The van der Waals surface area contributed by atoms with Crippen molar-refractivity contribution in [2.75, 3.05) is 6.54 Å². The summed E-state index contributed by atoms with van der Waals surface area (Å²) in [4.78, 5) is 28.9. The van der Waals surface area contributed by atoms with Crippen LogP contribution in [-0.4, -0.2) is 39.5 Å². The average molecular weight is 283 g/mol. The lowest BCUT2D eigenvalue weighted by Crippen LogP contribution is -2.50. The molecule has 2 atom stereocenters. The van der Waals surface area contributed by atoms with Gasteiger partial charge in [0.1, 0.15) is 16.9 Å². The highest BCUT2D eigenvalue weighted by Gasteiger charge is 2.35. The molecule has 2 heterocycles. The van der Waals surface area contributed by atoms with Crippen LogP contribution in [0.5, 0.6) is 0 Å². The molecule has 0 bridgehead atoms. The van der Waals surface area contributed by atoms with Gasteiger partial charge in [-0.25, -0.2) is 9.78 Å². The van der Waals surface area contributed by atoms with Crippen LogP contribution in [0.3, 0.4) is 0 Å². The Morgan fingerprint density at radius 1 is 1.47 bits per heavy atom. The number of carboxylic acid groups (broad SMARTS) is 1. The molecule has 0 radical (unpaired) electrons. The van der Waals surface area contributed by atoms with Gasteiger partial charge in [-0.15, -0.1) is 0 Å². The molecular formula is C13H15ClN2O3. The molecule has 0 saturated carbocycles. The molecule has 1 aromatic heterocycles. The lowest BCUT2D eigenvalue weighted by Gasteiger charge is -2.35. The second kappa shape index (κ2) is 5.57. The standard InChI is InChI=1S/C13H15ClN2O3/c1-8-5-6-16(10(7-8)13(18)19)12(17)9-3-2-4-11(14)15-9/h2-4,8,10H,5-7H2,1H3,(H,18,19). The van der Waals surface area contributed by atoms with E-state index in [9.17, 15) is 14.7 Å². The van der Waals surface area contributed by atoms with E-state index in [0.29, 0.717) is 18.9 Å². The fourth-order valence-electron chi connectivity index (χ4n) is 2.29. The number of carbonyl (C=O) groups excluding carboxylic acids is 1. The molecule has 0 spiro atoms. The number of likely N-dealkylation sites (tertiary alicyclic amines) is 1. The minimum atomic E-state index is -0.970. The van der Waals surface area contributed by atoms with Gasteiger partial charge in [-0.1, -0.05) is 24.6 Å². The van der Waals surface area contributed by atoms with Crippen molar-refractivity contribution in [1.82, 2.24) is 9.88 Å². The number of hydrogen-bond donors (Lipinski definition) is 1. The molecule has 0 aromatic carbocycles. The molecule has 6 heteroatoms. The van der Waals surface area contributed by atoms with E-state index < -0.39 is 12.0 Å². The summed E-state index contributed by atoms with van der Waals surface area (Å²) in [7, 11) is 0. The zero-order valence-corrected chi connectivity index (χ0v) is 11.3. The van der Waals surface area contributed by atoms with Gasteiger partial charge in [-0.05, 0) is 30.9 Å². The van der Waals surface area contributed by atoms with E-state index in [1.54, 1.807) is 18.2 Å². The number of aliphatic carboxylic acids is 1. The Kier molecular flexibility index (Phi) is 4.04. The Balaban J connectivity index is 2.24. The van der Waals surface area contributed by atoms with E-state index in [4.69, 9.17) is 11.6 Å². The van der Waals surface area contributed by atoms with Crippen LogP contribution in [0.1, 0.15) is 30.3 Å². The molecule has 1 fully saturated rings. The number of carboxylic acids is 1. The zero-order valence-electron chi connectivity index (χ0n) is 10.5. The highest BCUT2D eigenvalue weighted by Crippen LogP contribution is 2.24. The Labute approximate surface area is 116 Å². The summed E-state index contributed by atoms with van der Waals surface area (Å²) in [5.74, 6) is -1.04. The molecule has 5 nitrogen and oxygen atoms in total. The van der Waals surface area contributed by atoms with E-state index in [1.807, 2.05) is 6.92 Å². The van der Waals surface area contributed by atoms with Crippen molar-refractivity contribution < 1.29 is 14.7 Å². The third kappa shape index (κ3) is 3.04. The number of piperidine rings is 1. The first-order valence-corrected chi connectivity index (χ1v) is 6.53. The van der Waals surface area contributed by atoms with Crippen LogP contribution in [0, 0.1) is 5.92 Å². The minimum absolute atomic E-state index is 0.188. The highest BCUT2D eigenvalue weighted by atomic mass is 35.5. The lowest BCUT2D eigenvalue weighted by atomic mass is 9.92. The zero-order chi connectivity index (χ0) is 14.0. The summed E-state index contributed by atoms with van der Waals surface area (Å²) < 4.78 is 0. The van der Waals surface area contributed by atoms with Gasteiger partial charge in [-0.2, -0.15) is 0 Å².